The minimum Gasteiger partial charge on any atom is -0.340 e. The first-order valence-electron chi connectivity index (χ1n) is 7.59. The van der Waals surface area contributed by atoms with E-state index in [0.717, 1.165) is 26.2 Å². The molecule has 0 spiro atoms. The summed E-state index contributed by atoms with van der Waals surface area (Å²) in [4.78, 5) is 29.5. The third kappa shape index (κ3) is 2.97. The molecule has 0 unspecified atom stereocenters. The highest BCUT2D eigenvalue weighted by Crippen LogP contribution is 2.19. The molecule has 118 valence electrons. The van der Waals surface area contributed by atoms with E-state index in [-0.39, 0.29) is 17.6 Å². The molecule has 0 saturated carbocycles. The van der Waals surface area contributed by atoms with Crippen molar-refractivity contribution in [2.24, 2.45) is 0 Å². The molecule has 0 atom stereocenters. The first-order chi connectivity index (χ1) is 10.5. The molecule has 6 heteroatoms. The average Bonchev–Trinajstić information content (AvgIpc) is 2.47. The van der Waals surface area contributed by atoms with Crippen LogP contribution >= 0.6 is 0 Å². The number of hydrogen-bond donors (Lipinski definition) is 0. The maximum atomic E-state index is 12.9. The molecule has 1 aromatic carbocycles. The van der Waals surface area contributed by atoms with E-state index < -0.39 is 0 Å². The van der Waals surface area contributed by atoms with Crippen molar-refractivity contribution < 1.29 is 14.0 Å². The number of hydrogen-bond acceptors (Lipinski definition) is 3. The topological polar surface area (TPSA) is 43.9 Å². The minimum atomic E-state index is -0.332. The van der Waals surface area contributed by atoms with Gasteiger partial charge in [-0.15, -0.1) is 0 Å². The van der Waals surface area contributed by atoms with E-state index in [1.54, 1.807) is 11.8 Å². The lowest BCUT2D eigenvalue weighted by Crippen LogP contribution is -2.64. The van der Waals surface area contributed by atoms with Crippen molar-refractivity contribution in [1.82, 2.24) is 14.7 Å². The van der Waals surface area contributed by atoms with Crippen LogP contribution in [-0.4, -0.2) is 71.8 Å². The fourth-order valence-corrected chi connectivity index (χ4v) is 3.03. The average molecular weight is 305 g/mol. The van der Waals surface area contributed by atoms with Gasteiger partial charge in [0.25, 0.3) is 5.91 Å². The van der Waals surface area contributed by atoms with Gasteiger partial charge in [0.1, 0.15) is 5.82 Å². The van der Waals surface area contributed by atoms with Crippen LogP contribution in [0.3, 0.4) is 0 Å². The van der Waals surface area contributed by atoms with E-state index in [2.05, 4.69) is 4.90 Å². The maximum absolute atomic E-state index is 12.9. The normalized spacial score (nSPS) is 19.9. The zero-order valence-electron chi connectivity index (χ0n) is 12.7. The second-order valence-corrected chi connectivity index (χ2v) is 5.91. The van der Waals surface area contributed by atoms with Gasteiger partial charge in [0.2, 0.25) is 5.91 Å². The van der Waals surface area contributed by atoms with Crippen LogP contribution in [0.2, 0.25) is 0 Å². The smallest absolute Gasteiger partial charge is 0.253 e. The van der Waals surface area contributed by atoms with Crippen LogP contribution < -0.4 is 0 Å². The van der Waals surface area contributed by atoms with Crippen LogP contribution in [0.5, 0.6) is 0 Å². The summed E-state index contributed by atoms with van der Waals surface area (Å²) < 4.78 is 12.9. The molecular weight excluding hydrogens is 285 g/mol. The molecule has 1 aromatic rings. The number of nitrogens with zero attached hydrogens (tertiary/aromatic N) is 3. The molecule has 2 aliphatic rings. The summed E-state index contributed by atoms with van der Waals surface area (Å²) in [5, 5.41) is 0. The van der Waals surface area contributed by atoms with Crippen LogP contribution in [0.25, 0.3) is 0 Å². The molecule has 3 rings (SSSR count). The lowest BCUT2D eigenvalue weighted by molar-refractivity contribution is -0.131. The van der Waals surface area contributed by atoms with E-state index in [1.807, 2.05) is 4.90 Å². The highest BCUT2D eigenvalue weighted by atomic mass is 19.1. The van der Waals surface area contributed by atoms with Gasteiger partial charge in [-0.25, -0.2) is 4.39 Å². The van der Waals surface area contributed by atoms with Crippen molar-refractivity contribution >= 4 is 11.8 Å². The summed E-state index contributed by atoms with van der Waals surface area (Å²) in [5.74, 6) is -0.249. The third-order valence-corrected chi connectivity index (χ3v) is 4.52. The summed E-state index contributed by atoms with van der Waals surface area (Å²) in [7, 11) is 0. The molecule has 2 aliphatic heterocycles. The lowest BCUT2D eigenvalue weighted by atomic mass is 10.0. The van der Waals surface area contributed by atoms with E-state index in [1.165, 1.54) is 24.3 Å². The summed E-state index contributed by atoms with van der Waals surface area (Å²) in [5.41, 5.74) is 0.529. The number of rotatable bonds is 2. The standard InChI is InChI=1S/C16H20FN3O2/c1-12(21)18-6-8-19(9-7-18)15-10-20(11-15)16(22)13-2-4-14(17)5-3-13/h2-5,15H,6-11H2,1H3. The van der Waals surface area contributed by atoms with Crippen molar-refractivity contribution in [3.05, 3.63) is 35.6 Å². The fraction of sp³-hybridized carbons (Fsp3) is 0.500. The van der Waals surface area contributed by atoms with Gasteiger partial charge < -0.3 is 9.80 Å². The van der Waals surface area contributed by atoms with Gasteiger partial charge in [-0.2, -0.15) is 0 Å². The Labute approximate surface area is 129 Å². The Morgan fingerprint density at radius 1 is 1.00 bits per heavy atom. The van der Waals surface area contributed by atoms with Gasteiger partial charge in [-0.05, 0) is 24.3 Å². The van der Waals surface area contributed by atoms with Crippen molar-refractivity contribution in [3.8, 4) is 0 Å². The largest absolute Gasteiger partial charge is 0.340 e. The Kier molecular flexibility index (Phi) is 4.11. The Morgan fingerprint density at radius 3 is 2.14 bits per heavy atom. The van der Waals surface area contributed by atoms with Gasteiger partial charge in [0.15, 0.2) is 0 Å². The first kappa shape index (κ1) is 15.0. The summed E-state index contributed by atoms with van der Waals surface area (Å²) in [6.07, 6.45) is 0. The molecular formula is C16H20FN3O2. The number of amides is 2. The number of carbonyl (C=O) groups is 2. The number of carbonyl (C=O) groups excluding carboxylic acids is 2. The minimum absolute atomic E-state index is 0.0429. The Balaban J connectivity index is 1.49. The van der Waals surface area contributed by atoms with Gasteiger partial charge in [-0.3, -0.25) is 14.5 Å². The fourth-order valence-electron chi connectivity index (χ4n) is 3.03. The van der Waals surface area contributed by atoms with Crippen molar-refractivity contribution in [1.29, 1.82) is 0 Å². The van der Waals surface area contributed by atoms with Gasteiger partial charge in [0.05, 0.1) is 0 Å². The molecule has 22 heavy (non-hydrogen) atoms. The third-order valence-electron chi connectivity index (χ3n) is 4.52. The molecule has 0 bridgehead atoms. The molecule has 0 aromatic heterocycles. The highest BCUT2D eigenvalue weighted by molar-refractivity contribution is 5.94. The molecule has 2 amide bonds. The van der Waals surface area contributed by atoms with Crippen molar-refractivity contribution in [2.45, 2.75) is 13.0 Å². The molecule has 2 fully saturated rings. The van der Waals surface area contributed by atoms with Gasteiger partial charge >= 0.3 is 0 Å². The van der Waals surface area contributed by atoms with Crippen molar-refractivity contribution in [3.63, 3.8) is 0 Å². The zero-order chi connectivity index (χ0) is 15.7. The van der Waals surface area contributed by atoms with Crippen LogP contribution in [0.4, 0.5) is 4.39 Å². The Morgan fingerprint density at radius 2 is 1.59 bits per heavy atom. The second-order valence-electron chi connectivity index (χ2n) is 5.91. The second kappa shape index (κ2) is 6.04. The quantitative estimate of drug-likeness (QED) is 0.812. The monoisotopic (exact) mass is 305 g/mol. The van der Waals surface area contributed by atoms with E-state index in [9.17, 15) is 14.0 Å². The molecule has 0 aliphatic carbocycles. The van der Waals surface area contributed by atoms with Gasteiger partial charge in [-0.1, -0.05) is 0 Å². The van der Waals surface area contributed by atoms with Crippen molar-refractivity contribution in [2.75, 3.05) is 39.3 Å². The predicted molar refractivity (Wildman–Crippen MR) is 79.9 cm³/mol. The Hall–Kier alpha value is -1.95. The number of halogens is 1. The van der Waals surface area contributed by atoms with E-state index >= 15 is 0 Å². The molecule has 2 heterocycles. The predicted octanol–water partition coefficient (Wildman–Crippen LogP) is 0.814. The van der Waals surface area contributed by atoms with Crippen LogP contribution in [0.1, 0.15) is 17.3 Å². The van der Waals surface area contributed by atoms with E-state index in [4.69, 9.17) is 0 Å². The zero-order valence-corrected chi connectivity index (χ0v) is 12.7. The van der Waals surface area contributed by atoms with Crippen LogP contribution in [0, 0.1) is 5.82 Å². The van der Waals surface area contributed by atoms with Gasteiger partial charge in [0, 0.05) is 57.8 Å². The lowest BCUT2D eigenvalue weighted by Gasteiger charge is -2.48. The number of likely N-dealkylation sites (tertiary alicyclic amines) is 1. The maximum Gasteiger partial charge on any atom is 0.253 e. The molecule has 0 N–H and O–H groups in total. The first-order valence-corrected chi connectivity index (χ1v) is 7.59. The number of benzene rings is 1. The van der Waals surface area contributed by atoms with E-state index in [0.29, 0.717) is 24.7 Å². The summed E-state index contributed by atoms with van der Waals surface area (Å²) in [6, 6.07) is 6.04. The molecule has 0 radical (unpaired) electrons. The Bertz CT molecular complexity index is 561. The van der Waals surface area contributed by atoms with Crippen LogP contribution in [0.15, 0.2) is 24.3 Å². The summed E-state index contributed by atoms with van der Waals surface area (Å²) >= 11 is 0. The summed E-state index contributed by atoms with van der Waals surface area (Å²) in [6.45, 7) is 6.26. The number of piperazine rings is 1. The molecule has 5 nitrogen and oxygen atoms in total. The SMILES string of the molecule is CC(=O)N1CCN(C2CN(C(=O)c3ccc(F)cc3)C2)CC1. The van der Waals surface area contributed by atoms with Crippen LogP contribution in [-0.2, 0) is 4.79 Å². The highest BCUT2D eigenvalue weighted by Gasteiger charge is 2.36. The molecule has 2 saturated heterocycles.